The summed E-state index contributed by atoms with van der Waals surface area (Å²) in [6.07, 6.45) is 4.87. The van der Waals surface area contributed by atoms with E-state index in [-0.39, 0.29) is 15.7 Å². The summed E-state index contributed by atoms with van der Waals surface area (Å²) in [6, 6.07) is 1.82. The van der Waals surface area contributed by atoms with Gasteiger partial charge in [0.25, 0.3) is 5.56 Å². The number of halogens is 2. The van der Waals surface area contributed by atoms with Crippen LogP contribution in [-0.2, 0) is 13.1 Å². The first kappa shape index (κ1) is 11.2. The van der Waals surface area contributed by atoms with Crippen LogP contribution in [-0.4, -0.2) is 19.3 Å². The molecule has 0 amide bonds. The summed E-state index contributed by atoms with van der Waals surface area (Å²) < 4.78 is 3.12. The molecule has 0 spiro atoms. The Morgan fingerprint density at radius 3 is 2.81 bits per heavy atom. The van der Waals surface area contributed by atoms with E-state index < -0.39 is 0 Å². The number of hydrogen-bond donors (Lipinski definition) is 0. The van der Waals surface area contributed by atoms with Crippen LogP contribution in [0.5, 0.6) is 0 Å². The molecule has 5 nitrogen and oxygen atoms in total. The first-order valence-corrected chi connectivity index (χ1v) is 5.32. The van der Waals surface area contributed by atoms with Gasteiger partial charge >= 0.3 is 0 Å². The van der Waals surface area contributed by atoms with Crippen molar-refractivity contribution in [2.24, 2.45) is 0 Å². The van der Waals surface area contributed by atoms with Gasteiger partial charge in [0, 0.05) is 18.9 Å². The van der Waals surface area contributed by atoms with Gasteiger partial charge in [-0.25, -0.2) is 4.98 Å². The molecule has 0 bridgehead atoms. The summed E-state index contributed by atoms with van der Waals surface area (Å²) in [7, 11) is 0. The van der Waals surface area contributed by atoms with Gasteiger partial charge < -0.3 is 0 Å². The van der Waals surface area contributed by atoms with E-state index in [1.165, 1.54) is 10.9 Å². The smallest absolute Gasteiger partial charge is 0.273 e. The molecule has 0 aliphatic carbocycles. The largest absolute Gasteiger partial charge is 0.296 e. The van der Waals surface area contributed by atoms with Gasteiger partial charge in [0.1, 0.15) is 5.02 Å². The minimum absolute atomic E-state index is 0.0296. The van der Waals surface area contributed by atoms with E-state index in [1.807, 2.05) is 12.3 Å². The molecule has 0 N–H and O–H groups in total. The minimum Gasteiger partial charge on any atom is -0.296 e. The molecular weight excluding hydrogens is 251 g/mol. The predicted octanol–water partition coefficient (Wildman–Crippen LogP) is 1.45. The Kier molecular flexibility index (Phi) is 3.26. The van der Waals surface area contributed by atoms with Crippen molar-refractivity contribution in [3.63, 3.8) is 0 Å². The van der Waals surface area contributed by atoms with Crippen LogP contribution in [0.15, 0.2) is 29.6 Å². The van der Waals surface area contributed by atoms with Crippen molar-refractivity contribution in [1.82, 2.24) is 19.3 Å². The van der Waals surface area contributed by atoms with E-state index >= 15 is 0 Å². The Hall–Kier alpha value is -1.33. The Morgan fingerprint density at radius 2 is 2.12 bits per heavy atom. The van der Waals surface area contributed by atoms with E-state index in [0.717, 1.165) is 0 Å². The molecule has 0 atom stereocenters. The van der Waals surface area contributed by atoms with Crippen LogP contribution in [0.25, 0.3) is 0 Å². The zero-order chi connectivity index (χ0) is 11.5. The number of aromatic nitrogens is 4. The van der Waals surface area contributed by atoms with Gasteiger partial charge in [-0.2, -0.15) is 5.10 Å². The van der Waals surface area contributed by atoms with Gasteiger partial charge in [-0.3, -0.25) is 14.0 Å². The summed E-state index contributed by atoms with van der Waals surface area (Å²) in [5, 5.41) is 4.00. The second-order valence-corrected chi connectivity index (χ2v) is 3.85. The molecule has 2 rings (SSSR count). The van der Waals surface area contributed by atoms with Gasteiger partial charge in [0.2, 0.25) is 0 Å². The second kappa shape index (κ2) is 4.67. The van der Waals surface area contributed by atoms with Gasteiger partial charge in [-0.15, -0.1) is 0 Å². The lowest BCUT2D eigenvalue weighted by Crippen LogP contribution is -2.23. The Bertz CT molecular complexity index is 535. The van der Waals surface area contributed by atoms with Crippen LogP contribution in [0, 0.1) is 0 Å². The molecule has 84 valence electrons. The van der Waals surface area contributed by atoms with Crippen molar-refractivity contribution in [3.05, 3.63) is 45.3 Å². The molecule has 0 fully saturated rings. The van der Waals surface area contributed by atoms with Crippen molar-refractivity contribution < 1.29 is 0 Å². The third kappa shape index (κ3) is 2.25. The molecule has 2 aromatic rings. The van der Waals surface area contributed by atoms with Crippen LogP contribution in [0.3, 0.4) is 0 Å². The maximum Gasteiger partial charge on any atom is 0.273 e. The third-order valence-corrected chi connectivity index (χ3v) is 2.79. The molecule has 16 heavy (non-hydrogen) atoms. The highest BCUT2D eigenvalue weighted by Crippen LogP contribution is 2.12. The lowest BCUT2D eigenvalue weighted by Gasteiger charge is -2.05. The molecule has 0 aromatic carbocycles. The summed E-state index contributed by atoms with van der Waals surface area (Å²) in [6.45, 7) is 1.02. The number of hydrogen-bond acceptors (Lipinski definition) is 3. The summed E-state index contributed by atoms with van der Waals surface area (Å²) >= 11 is 11.3. The SMILES string of the molecule is O=c1c(Cl)c(Cl)ncn1CCn1cccn1. The van der Waals surface area contributed by atoms with Gasteiger partial charge in [-0.05, 0) is 6.07 Å². The Balaban J connectivity index is 2.17. The van der Waals surface area contributed by atoms with Crippen molar-refractivity contribution >= 4 is 23.2 Å². The fraction of sp³-hybridized carbons (Fsp3) is 0.222. The average molecular weight is 259 g/mol. The maximum atomic E-state index is 11.6. The monoisotopic (exact) mass is 258 g/mol. The van der Waals surface area contributed by atoms with Gasteiger partial charge in [-0.1, -0.05) is 23.2 Å². The minimum atomic E-state index is -0.339. The van der Waals surface area contributed by atoms with Crippen LogP contribution < -0.4 is 5.56 Å². The fourth-order valence-electron chi connectivity index (χ4n) is 1.25. The van der Waals surface area contributed by atoms with Crippen LogP contribution in [0.2, 0.25) is 10.2 Å². The second-order valence-electron chi connectivity index (χ2n) is 3.12. The van der Waals surface area contributed by atoms with Crippen molar-refractivity contribution in [3.8, 4) is 0 Å². The molecule has 0 saturated heterocycles. The van der Waals surface area contributed by atoms with Crippen LogP contribution in [0.4, 0.5) is 0 Å². The highest BCUT2D eigenvalue weighted by atomic mass is 35.5. The third-order valence-electron chi connectivity index (χ3n) is 2.07. The molecule has 0 radical (unpaired) electrons. The Morgan fingerprint density at radius 1 is 1.31 bits per heavy atom. The molecule has 0 saturated carbocycles. The fourth-order valence-corrected chi connectivity index (χ4v) is 1.53. The lowest BCUT2D eigenvalue weighted by atomic mass is 10.5. The van der Waals surface area contributed by atoms with Gasteiger partial charge in [0.05, 0.1) is 12.9 Å². The van der Waals surface area contributed by atoms with Crippen LogP contribution in [0.1, 0.15) is 0 Å². The zero-order valence-corrected chi connectivity index (χ0v) is 9.69. The quantitative estimate of drug-likeness (QED) is 0.784. The van der Waals surface area contributed by atoms with Crippen molar-refractivity contribution in [2.45, 2.75) is 13.1 Å². The summed E-state index contributed by atoms with van der Waals surface area (Å²) in [4.78, 5) is 15.4. The Labute approximate surface area is 101 Å². The van der Waals surface area contributed by atoms with Crippen molar-refractivity contribution in [1.29, 1.82) is 0 Å². The number of rotatable bonds is 3. The van der Waals surface area contributed by atoms with E-state index in [1.54, 1.807) is 10.9 Å². The highest BCUT2D eigenvalue weighted by Gasteiger charge is 2.06. The van der Waals surface area contributed by atoms with E-state index in [0.29, 0.717) is 13.1 Å². The standard InChI is InChI=1S/C9H8Cl2N4O/c10-7-8(11)12-6-14(9(7)16)4-5-15-3-1-2-13-15/h1-3,6H,4-5H2. The van der Waals surface area contributed by atoms with E-state index in [4.69, 9.17) is 23.2 Å². The zero-order valence-electron chi connectivity index (χ0n) is 8.18. The van der Waals surface area contributed by atoms with Gasteiger partial charge in [0.15, 0.2) is 5.15 Å². The van der Waals surface area contributed by atoms with Crippen LogP contribution >= 0.6 is 23.2 Å². The topological polar surface area (TPSA) is 52.7 Å². The number of aryl methyl sites for hydroxylation is 2. The molecule has 2 heterocycles. The molecule has 0 aliphatic heterocycles. The average Bonchev–Trinajstić information content (AvgIpc) is 2.78. The lowest BCUT2D eigenvalue weighted by molar-refractivity contribution is 0.519. The highest BCUT2D eigenvalue weighted by molar-refractivity contribution is 6.40. The van der Waals surface area contributed by atoms with Crippen molar-refractivity contribution in [2.75, 3.05) is 0 Å². The molecule has 7 heteroatoms. The summed E-state index contributed by atoms with van der Waals surface area (Å²) in [5.74, 6) is 0. The number of nitrogens with zero attached hydrogens (tertiary/aromatic N) is 4. The van der Waals surface area contributed by atoms with E-state index in [2.05, 4.69) is 10.1 Å². The first-order valence-electron chi connectivity index (χ1n) is 4.56. The van der Waals surface area contributed by atoms with E-state index in [9.17, 15) is 4.79 Å². The molecule has 0 unspecified atom stereocenters. The molecule has 2 aromatic heterocycles. The molecule has 0 aliphatic rings. The maximum absolute atomic E-state index is 11.6. The summed E-state index contributed by atoms with van der Waals surface area (Å²) in [5.41, 5.74) is -0.339. The molecular formula is C9H8Cl2N4O. The first-order chi connectivity index (χ1) is 7.68. The normalized spacial score (nSPS) is 10.6. The predicted molar refractivity (Wildman–Crippen MR) is 60.7 cm³/mol.